The first kappa shape index (κ1) is 26.8. The van der Waals surface area contributed by atoms with E-state index in [1.54, 1.807) is 32.9 Å². The molecule has 0 saturated heterocycles. The molecule has 2 unspecified atom stereocenters. The third-order valence-corrected chi connectivity index (χ3v) is 4.93. The number of esters is 2. The molecule has 0 saturated carbocycles. The van der Waals surface area contributed by atoms with Crippen LogP contribution in [0.25, 0.3) is 11.1 Å². The average molecular weight is 465 g/mol. The summed E-state index contributed by atoms with van der Waals surface area (Å²) in [6, 6.07) is 15.2. The largest absolute Gasteiger partial charge is 0.462 e. The van der Waals surface area contributed by atoms with Gasteiger partial charge in [-0.2, -0.15) is 0 Å². The van der Waals surface area contributed by atoms with Crippen molar-refractivity contribution >= 4 is 11.9 Å². The Morgan fingerprint density at radius 1 is 0.824 bits per heavy atom. The number of carbonyl (C=O) groups excluding carboxylic acids is 2. The van der Waals surface area contributed by atoms with Gasteiger partial charge >= 0.3 is 11.9 Å². The minimum Gasteiger partial charge on any atom is -0.462 e. The first-order chi connectivity index (χ1) is 16.1. The minimum atomic E-state index is -1.07. The molecule has 0 radical (unpaired) electrons. The molecule has 0 fully saturated rings. The molecule has 0 bridgehead atoms. The molecule has 0 heterocycles. The van der Waals surface area contributed by atoms with Gasteiger partial charge in [0.05, 0.1) is 13.2 Å². The lowest BCUT2D eigenvalue weighted by molar-refractivity contribution is -0.142. The lowest BCUT2D eigenvalue weighted by Crippen LogP contribution is -2.25. The highest BCUT2D eigenvalue weighted by molar-refractivity contribution is 5.88. The molecule has 0 amide bonds. The highest BCUT2D eigenvalue weighted by atomic mass is 16.6. The van der Waals surface area contributed by atoms with Crippen molar-refractivity contribution in [3.8, 4) is 16.9 Å². The number of carbonyl (C=O) groups is 2. The van der Waals surface area contributed by atoms with Crippen molar-refractivity contribution in [1.29, 1.82) is 0 Å². The maximum absolute atomic E-state index is 11.8. The van der Waals surface area contributed by atoms with Gasteiger partial charge in [-0.1, -0.05) is 56.1 Å². The average Bonchev–Trinajstić information content (AvgIpc) is 2.81. The predicted octanol–water partition coefficient (Wildman–Crippen LogP) is 5.02. The summed E-state index contributed by atoms with van der Waals surface area (Å²) < 4.78 is 16.0. The third-order valence-electron chi connectivity index (χ3n) is 4.93. The van der Waals surface area contributed by atoms with Crippen LogP contribution < -0.4 is 4.74 Å². The second kappa shape index (κ2) is 12.7. The van der Waals surface area contributed by atoms with E-state index in [1.807, 2.05) is 36.4 Å². The molecular formula is C28H32O6. The predicted molar refractivity (Wildman–Crippen MR) is 132 cm³/mol. The van der Waals surface area contributed by atoms with E-state index >= 15 is 0 Å². The second-order valence-corrected chi connectivity index (χ2v) is 8.37. The van der Waals surface area contributed by atoms with E-state index < -0.39 is 18.2 Å². The van der Waals surface area contributed by atoms with Gasteiger partial charge in [-0.05, 0) is 61.6 Å². The summed E-state index contributed by atoms with van der Waals surface area (Å²) >= 11 is 0. The van der Waals surface area contributed by atoms with Crippen molar-refractivity contribution in [1.82, 2.24) is 0 Å². The smallest absolute Gasteiger partial charge is 0.338 e. The SMILES string of the molecule is C=C(C)C(=O)OCC(COC(O)C(=C)C)Cc1ccc(-c2ccc(OC(=O)C(=C)C)cc2)cc1. The topological polar surface area (TPSA) is 82.1 Å². The van der Waals surface area contributed by atoms with Crippen LogP contribution in [0, 0.1) is 5.92 Å². The number of hydrogen-bond acceptors (Lipinski definition) is 6. The fraction of sp³-hybridized carbons (Fsp3) is 0.286. The Balaban J connectivity index is 2.05. The van der Waals surface area contributed by atoms with Gasteiger partial charge in [0.1, 0.15) is 5.75 Å². The summed E-state index contributed by atoms with van der Waals surface area (Å²) in [4.78, 5) is 23.5. The van der Waals surface area contributed by atoms with Gasteiger partial charge in [0.15, 0.2) is 6.29 Å². The molecule has 34 heavy (non-hydrogen) atoms. The fourth-order valence-corrected chi connectivity index (χ4v) is 2.93. The molecule has 0 aliphatic rings. The van der Waals surface area contributed by atoms with Crippen LogP contribution in [0.1, 0.15) is 26.3 Å². The standard InChI is InChI=1S/C28H32O6/c1-18(2)26(29)32-16-22(17-33-27(30)19(3)4)15-21-7-9-23(10-8-21)24-11-13-25(14-12-24)34-28(31)20(5)6/h7-14,22,26,29H,1,3,5,15-17H2,2,4,6H3. The first-order valence-electron chi connectivity index (χ1n) is 10.9. The minimum absolute atomic E-state index is 0.140. The van der Waals surface area contributed by atoms with Crippen LogP contribution in [0.15, 0.2) is 85.0 Å². The van der Waals surface area contributed by atoms with Crippen LogP contribution in [0.4, 0.5) is 0 Å². The van der Waals surface area contributed by atoms with Gasteiger partial charge in [0.2, 0.25) is 0 Å². The van der Waals surface area contributed by atoms with Crippen LogP contribution >= 0.6 is 0 Å². The lowest BCUT2D eigenvalue weighted by atomic mass is 9.98. The maximum atomic E-state index is 11.8. The van der Waals surface area contributed by atoms with E-state index in [1.165, 1.54) is 0 Å². The van der Waals surface area contributed by atoms with Crippen molar-refractivity contribution in [3.63, 3.8) is 0 Å². The highest BCUT2D eigenvalue weighted by Gasteiger charge is 2.17. The van der Waals surface area contributed by atoms with Crippen LogP contribution in [0.2, 0.25) is 0 Å². The molecule has 0 aromatic heterocycles. The molecule has 2 aromatic carbocycles. The fourth-order valence-electron chi connectivity index (χ4n) is 2.93. The molecule has 2 aromatic rings. The Bertz CT molecular complexity index is 1030. The number of aliphatic hydroxyl groups is 1. The molecule has 180 valence electrons. The van der Waals surface area contributed by atoms with Crippen LogP contribution in [0.3, 0.4) is 0 Å². The highest BCUT2D eigenvalue weighted by Crippen LogP contribution is 2.24. The van der Waals surface area contributed by atoms with Crippen LogP contribution in [0.5, 0.6) is 5.75 Å². The molecule has 1 N–H and O–H groups in total. The third kappa shape index (κ3) is 8.46. The zero-order valence-electron chi connectivity index (χ0n) is 20.0. The number of hydrogen-bond donors (Lipinski definition) is 1. The van der Waals surface area contributed by atoms with E-state index in [9.17, 15) is 14.7 Å². The zero-order valence-corrected chi connectivity index (χ0v) is 20.0. The number of rotatable bonds is 12. The quantitative estimate of drug-likeness (QED) is 0.156. The number of benzene rings is 2. The van der Waals surface area contributed by atoms with Crippen molar-refractivity contribution < 1.29 is 28.9 Å². The number of ether oxygens (including phenoxy) is 3. The Labute approximate surface area is 201 Å². The summed E-state index contributed by atoms with van der Waals surface area (Å²) in [5.74, 6) is -0.624. The summed E-state index contributed by atoms with van der Waals surface area (Å²) in [6.07, 6.45) is -0.484. The zero-order chi connectivity index (χ0) is 25.3. The lowest BCUT2D eigenvalue weighted by Gasteiger charge is -2.20. The maximum Gasteiger partial charge on any atom is 0.338 e. The van der Waals surface area contributed by atoms with E-state index in [0.717, 1.165) is 16.7 Å². The molecule has 6 nitrogen and oxygen atoms in total. The van der Waals surface area contributed by atoms with Crippen LogP contribution in [-0.4, -0.2) is 36.5 Å². The normalized spacial score (nSPS) is 12.4. The van der Waals surface area contributed by atoms with Gasteiger partial charge in [-0.15, -0.1) is 0 Å². The Morgan fingerprint density at radius 3 is 1.85 bits per heavy atom. The monoisotopic (exact) mass is 464 g/mol. The first-order valence-corrected chi connectivity index (χ1v) is 10.9. The van der Waals surface area contributed by atoms with Crippen LogP contribution in [-0.2, 0) is 25.5 Å². The molecule has 0 aliphatic carbocycles. The van der Waals surface area contributed by atoms with Gasteiger partial charge in [0.25, 0.3) is 0 Å². The second-order valence-electron chi connectivity index (χ2n) is 8.37. The van der Waals surface area contributed by atoms with E-state index in [-0.39, 0.29) is 19.1 Å². The molecule has 0 spiro atoms. The van der Waals surface area contributed by atoms with Crippen molar-refractivity contribution in [2.24, 2.45) is 5.92 Å². The summed E-state index contributed by atoms with van der Waals surface area (Å²) in [7, 11) is 0. The van der Waals surface area contributed by atoms with Gasteiger partial charge in [0, 0.05) is 17.1 Å². The molecular weight excluding hydrogens is 432 g/mol. The van der Waals surface area contributed by atoms with Crippen molar-refractivity contribution in [2.75, 3.05) is 13.2 Å². The Hall–Kier alpha value is -3.48. The molecule has 0 aliphatic heterocycles. The van der Waals surface area contributed by atoms with E-state index in [2.05, 4.69) is 19.7 Å². The van der Waals surface area contributed by atoms with E-state index in [4.69, 9.17) is 14.2 Å². The van der Waals surface area contributed by atoms with Crippen molar-refractivity contribution in [3.05, 3.63) is 90.6 Å². The molecule has 2 atom stereocenters. The summed E-state index contributed by atoms with van der Waals surface area (Å²) in [5.41, 5.74) is 4.17. The Kier molecular flexibility index (Phi) is 9.98. The van der Waals surface area contributed by atoms with Crippen molar-refractivity contribution in [2.45, 2.75) is 33.5 Å². The summed E-state index contributed by atoms with van der Waals surface area (Å²) in [6.45, 7) is 16.1. The molecule has 2 rings (SSSR count). The Morgan fingerprint density at radius 2 is 1.35 bits per heavy atom. The van der Waals surface area contributed by atoms with Gasteiger partial charge < -0.3 is 19.3 Å². The summed E-state index contributed by atoms with van der Waals surface area (Å²) in [5, 5.41) is 9.89. The van der Waals surface area contributed by atoms with Gasteiger partial charge in [-0.25, -0.2) is 9.59 Å². The molecule has 6 heteroatoms. The van der Waals surface area contributed by atoms with Gasteiger partial charge in [-0.3, -0.25) is 0 Å². The van der Waals surface area contributed by atoms with E-state index in [0.29, 0.717) is 28.9 Å². The number of aliphatic hydroxyl groups excluding tert-OH is 1.